The second kappa shape index (κ2) is 8.15. The third-order valence-corrected chi connectivity index (χ3v) is 6.48. The van der Waals surface area contributed by atoms with Crippen LogP contribution in [0.2, 0.25) is 0 Å². The molecule has 9 heteroatoms. The summed E-state index contributed by atoms with van der Waals surface area (Å²) in [5.41, 5.74) is 0.730. The molecule has 0 radical (unpaired) electrons. The van der Waals surface area contributed by atoms with Crippen LogP contribution in [0.25, 0.3) is 0 Å². The van der Waals surface area contributed by atoms with E-state index in [4.69, 9.17) is 4.74 Å². The minimum atomic E-state index is -3.53. The summed E-state index contributed by atoms with van der Waals surface area (Å²) in [6.45, 7) is 2.91. The van der Waals surface area contributed by atoms with Gasteiger partial charge < -0.3 is 15.0 Å². The number of nitrogens with one attached hydrogen (secondary N) is 1. The van der Waals surface area contributed by atoms with E-state index in [0.29, 0.717) is 39.4 Å². The molecular formula is C17H23N3O5S. The normalized spacial score (nSPS) is 18.7. The molecule has 2 saturated heterocycles. The highest BCUT2D eigenvalue weighted by atomic mass is 32.2. The van der Waals surface area contributed by atoms with Gasteiger partial charge in [-0.05, 0) is 30.5 Å². The predicted molar refractivity (Wildman–Crippen MR) is 93.7 cm³/mol. The smallest absolute Gasteiger partial charge is 0.311 e. The zero-order valence-electron chi connectivity index (χ0n) is 14.5. The lowest BCUT2D eigenvalue weighted by Gasteiger charge is -2.26. The highest BCUT2D eigenvalue weighted by molar-refractivity contribution is 7.89. The molecule has 2 aliphatic heterocycles. The van der Waals surface area contributed by atoms with E-state index in [1.54, 1.807) is 17.0 Å². The van der Waals surface area contributed by atoms with E-state index in [1.807, 2.05) is 0 Å². The van der Waals surface area contributed by atoms with Crippen LogP contribution >= 0.6 is 0 Å². The first-order chi connectivity index (χ1) is 12.5. The fourth-order valence-electron chi connectivity index (χ4n) is 3.04. The van der Waals surface area contributed by atoms with Crippen LogP contribution in [0, 0.1) is 0 Å². The molecule has 1 aromatic carbocycles. The second-order valence-corrected chi connectivity index (χ2v) is 8.28. The van der Waals surface area contributed by atoms with Gasteiger partial charge in [-0.1, -0.05) is 12.1 Å². The summed E-state index contributed by atoms with van der Waals surface area (Å²) in [5.74, 6) is -1.13. The molecule has 2 amide bonds. The summed E-state index contributed by atoms with van der Waals surface area (Å²) in [7, 11) is -3.53. The molecule has 26 heavy (non-hydrogen) atoms. The average Bonchev–Trinajstić information content (AvgIpc) is 3.21. The number of carbonyl (C=O) groups is 2. The minimum Gasteiger partial charge on any atom is -0.379 e. The number of hydrogen-bond donors (Lipinski definition) is 1. The molecule has 0 aliphatic carbocycles. The van der Waals surface area contributed by atoms with E-state index in [1.165, 1.54) is 16.4 Å². The summed E-state index contributed by atoms with van der Waals surface area (Å²) < 4.78 is 31.7. The van der Waals surface area contributed by atoms with Gasteiger partial charge in [0.05, 0.1) is 18.1 Å². The molecule has 3 rings (SSSR count). The van der Waals surface area contributed by atoms with Crippen molar-refractivity contribution < 1.29 is 22.7 Å². The van der Waals surface area contributed by atoms with Crippen molar-refractivity contribution in [2.24, 2.45) is 0 Å². The first-order valence-electron chi connectivity index (χ1n) is 8.72. The zero-order chi connectivity index (χ0) is 18.6. The van der Waals surface area contributed by atoms with Crippen LogP contribution in [0.5, 0.6) is 0 Å². The average molecular weight is 381 g/mol. The molecule has 142 valence electrons. The topological polar surface area (TPSA) is 96.0 Å². The highest BCUT2D eigenvalue weighted by Crippen LogP contribution is 2.17. The van der Waals surface area contributed by atoms with Crippen LogP contribution in [0.4, 0.5) is 0 Å². The quantitative estimate of drug-likeness (QED) is 0.738. The first kappa shape index (κ1) is 18.8. The van der Waals surface area contributed by atoms with Gasteiger partial charge in [0.1, 0.15) is 0 Å². The molecule has 0 saturated carbocycles. The van der Waals surface area contributed by atoms with Crippen LogP contribution in [-0.2, 0) is 30.9 Å². The van der Waals surface area contributed by atoms with Gasteiger partial charge in [-0.3, -0.25) is 9.59 Å². The zero-order valence-corrected chi connectivity index (χ0v) is 15.3. The number of rotatable bonds is 4. The Morgan fingerprint density at radius 1 is 1.00 bits per heavy atom. The van der Waals surface area contributed by atoms with Gasteiger partial charge >= 0.3 is 11.8 Å². The Balaban J connectivity index is 1.57. The number of nitrogens with zero attached hydrogens (tertiary/aromatic N) is 2. The molecule has 0 atom stereocenters. The van der Waals surface area contributed by atoms with Crippen LogP contribution < -0.4 is 5.32 Å². The summed E-state index contributed by atoms with van der Waals surface area (Å²) in [6.07, 6.45) is 1.86. The van der Waals surface area contributed by atoms with E-state index < -0.39 is 21.8 Å². The van der Waals surface area contributed by atoms with Crippen LogP contribution in [0.3, 0.4) is 0 Å². The maximum absolute atomic E-state index is 12.6. The molecule has 2 fully saturated rings. The number of hydrogen-bond acceptors (Lipinski definition) is 5. The Labute approximate surface area is 153 Å². The monoisotopic (exact) mass is 381 g/mol. The van der Waals surface area contributed by atoms with Gasteiger partial charge in [0, 0.05) is 32.7 Å². The van der Waals surface area contributed by atoms with Gasteiger partial charge in [-0.25, -0.2) is 8.42 Å². The maximum Gasteiger partial charge on any atom is 0.311 e. The molecule has 0 spiro atoms. The summed E-state index contributed by atoms with van der Waals surface area (Å²) in [5, 5.41) is 2.59. The van der Waals surface area contributed by atoms with E-state index in [2.05, 4.69) is 5.32 Å². The van der Waals surface area contributed by atoms with E-state index in [9.17, 15) is 18.0 Å². The first-order valence-corrected chi connectivity index (χ1v) is 10.2. The van der Waals surface area contributed by atoms with Gasteiger partial charge in [0.15, 0.2) is 0 Å². The van der Waals surface area contributed by atoms with Crippen molar-refractivity contribution in [1.82, 2.24) is 14.5 Å². The Bertz CT molecular complexity index is 751. The van der Waals surface area contributed by atoms with Crippen molar-refractivity contribution >= 4 is 21.8 Å². The van der Waals surface area contributed by atoms with E-state index in [0.717, 1.165) is 18.4 Å². The number of benzene rings is 1. The van der Waals surface area contributed by atoms with Crippen molar-refractivity contribution in [2.75, 3.05) is 39.4 Å². The Kier molecular flexibility index (Phi) is 5.90. The number of sulfonamides is 1. The van der Waals surface area contributed by atoms with Crippen molar-refractivity contribution in [1.29, 1.82) is 0 Å². The molecule has 1 aromatic rings. The van der Waals surface area contributed by atoms with Crippen LogP contribution in [0.15, 0.2) is 29.2 Å². The summed E-state index contributed by atoms with van der Waals surface area (Å²) in [6, 6.07) is 6.34. The summed E-state index contributed by atoms with van der Waals surface area (Å²) in [4.78, 5) is 25.6. The molecule has 2 aliphatic rings. The highest BCUT2D eigenvalue weighted by Gasteiger charge is 2.26. The lowest BCUT2D eigenvalue weighted by molar-refractivity contribution is -0.145. The third kappa shape index (κ3) is 4.22. The number of carbonyl (C=O) groups excluding carboxylic acids is 2. The standard InChI is InChI=1S/C17H23N3O5S/c21-16(17(22)19-7-1-2-8-19)18-13-14-3-5-15(6-4-14)26(23,24)20-9-11-25-12-10-20/h3-6H,1-2,7-13H2,(H,18,21). The number of amides is 2. The van der Waals surface area contributed by atoms with E-state index >= 15 is 0 Å². The second-order valence-electron chi connectivity index (χ2n) is 6.34. The predicted octanol–water partition coefficient (Wildman–Crippen LogP) is -0.0539. The summed E-state index contributed by atoms with van der Waals surface area (Å²) >= 11 is 0. The van der Waals surface area contributed by atoms with Crippen molar-refractivity contribution in [3.05, 3.63) is 29.8 Å². The van der Waals surface area contributed by atoms with Gasteiger partial charge in [-0.2, -0.15) is 4.31 Å². The Morgan fingerprint density at radius 3 is 2.23 bits per heavy atom. The third-order valence-electron chi connectivity index (χ3n) is 4.57. The molecule has 1 N–H and O–H groups in total. The van der Waals surface area contributed by atoms with Crippen molar-refractivity contribution in [3.8, 4) is 0 Å². The fraction of sp³-hybridized carbons (Fsp3) is 0.529. The Morgan fingerprint density at radius 2 is 1.62 bits per heavy atom. The molecule has 0 bridgehead atoms. The van der Waals surface area contributed by atoms with Gasteiger partial charge in [0.2, 0.25) is 10.0 Å². The molecule has 2 heterocycles. The maximum atomic E-state index is 12.6. The van der Waals surface area contributed by atoms with Crippen molar-refractivity contribution in [2.45, 2.75) is 24.3 Å². The fourth-order valence-corrected chi connectivity index (χ4v) is 4.45. The molecular weight excluding hydrogens is 358 g/mol. The molecule has 0 unspecified atom stereocenters. The Hall–Kier alpha value is -1.97. The number of morpholine rings is 1. The van der Waals surface area contributed by atoms with Crippen LogP contribution in [-0.4, -0.2) is 68.8 Å². The lowest BCUT2D eigenvalue weighted by Crippen LogP contribution is -2.41. The SMILES string of the molecule is O=C(NCc1ccc(S(=O)(=O)N2CCOCC2)cc1)C(=O)N1CCCC1. The van der Waals surface area contributed by atoms with E-state index in [-0.39, 0.29) is 11.4 Å². The minimum absolute atomic E-state index is 0.177. The number of likely N-dealkylation sites (tertiary alicyclic amines) is 1. The van der Waals surface area contributed by atoms with Crippen molar-refractivity contribution in [3.63, 3.8) is 0 Å². The largest absolute Gasteiger partial charge is 0.379 e. The molecule has 0 aromatic heterocycles. The lowest BCUT2D eigenvalue weighted by atomic mass is 10.2. The number of ether oxygens (including phenoxy) is 1. The van der Waals surface area contributed by atoms with Gasteiger partial charge in [0.25, 0.3) is 0 Å². The molecule has 8 nitrogen and oxygen atoms in total. The van der Waals surface area contributed by atoms with Gasteiger partial charge in [-0.15, -0.1) is 0 Å². The van der Waals surface area contributed by atoms with Crippen LogP contribution in [0.1, 0.15) is 18.4 Å².